The minimum absolute atomic E-state index is 0. The molecule has 626 valence electrons. The Morgan fingerprint density at radius 1 is 0.212 bits per heavy atom. The highest BCUT2D eigenvalue weighted by Gasteiger charge is 2.00. The molecule has 4 amide bonds. The van der Waals surface area contributed by atoms with Crippen molar-refractivity contribution in [1.82, 2.24) is 21.3 Å². The quantitative estimate of drug-likeness (QED) is 0.0415. The Morgan fingerprint density at radius 3 is 0.677 bits per heavy atom. The van der Waals surface area contributed by atoms with Crippen LogP contribution in [-0.4, -0.2) is 208 Å². The van der Waals surface area contributed by atoms with Crippen molar-refractivity contribution in [3.63, 3.8) is 0 Å². The summed E-state index contributed by atoms with van der Waals surface area (Å²) in [7, 11) is 0. The van der Waals surface area contributed by atoms with Gasteiger partial charge in [-0.15, -0.1) is 0 Å². The maximum Gasteiger partial charge on any atom is 0.222 e. The van der Waals surface area contributed by atoms with Gasteiger partial charge in [-0.05, 0) is 127 Å². The van der Waals surface area contributed by atoms with E-state index in [-0.39, 0.29) is 90.5 Å². The van der Waals surface area contributed by atoms with Gasteiger partial charge in [-0.1, -0.05) is 170 Å². The summed E-state index contributed by atoms with van der Waals surface area (Å²) in [5.74, 6) is 0.322. The predicted octanol–water partition coefficient (Wildman–Crippen LogP) is 19.9. The molecule has 0 bridgehead atoms. The summed E-state index contributed by atoms with van der Waals surface area (Å²) in [5.41, 5.74) is 0. The van der Waals surface area contributed by atoms with Crippen LogP contribution in [0, 0.1) is 0 Å². The third-order valence-corrected chi connectivity index (χ3v) is 9.28. The van der Waals surface area contributed by atoms with Gasteiger partial charge in [0.25, 0.3) is 0 Å². The van der Waals surface area contributed by atoms with Crippen LogP contribution >= 0.6 is 0 Å². The molecule has 0 atom stereocenters. The van der Waals surface area contributed by atoms with Crippen molar-refractivity contribution in [3.05, 3.63) is 0 Å². The summed E-state index contributed by atoms with van der Waals surface area (Å²) in [6, 6.07) is 0. The summed E-state index contributed by atoms with van der Waals surface area (Å²) >= 11 is 0. The van der Waals surface area contributed by atoms with Crippen LogP contribution in [0.4, 0.5) is 0 Å². The van der Waals surface area contributed by atoms with Gasteiger partial charge in [-0.3, -0.25) is 19.2 Å². The Kier molecular flexibility index (Phi) is 268. The lowest BCUT2D eigenvalue weighted by molar-refractivity contribution is -0.123. The summed E-state index contributed by atoms with van der Waals surface area (Å²) in [4.78, 5) is 43.0. The third-order valence-electron chi connectivity index (χ3n) is 9.28. The van der Waals surface area contributed by atoms with E-state index in [9.17, 15) is 19.2 Å². The van der Waals surface area contributed by atoms with Gasteiger partial charge in [0, 0.05) is 171 Å². The normalized spacial score (nSPS) is 8.59. The lowest BCUT2D eigenvalue weighted by Crippen LogP contribution is -2.28. The minimum Gasteiger partial charge on any atom is -0.382 e. The molecular weight excluding hydrogens is 1260 g/mol. The van der Waals surface area contributed by atoms with Gasteiger partial charge in [-0.2, -0.15) is 0 Å². The highest BCUT2D eigenvalue weighted by atomic mass is 16.5. The van der Waals surface area contributed by atoms with Gasteiger partial charge in [0.2, 0.25) is 23.6 Å². The molecule has 20 nitrogen and oxygen atoms in total. The van der Waals surface area contributed by atoms with E-state index in [0.29, 0.717) is 71.7 Å². The van der Waals surface area contributed by atoms with Crippen LogP contribution in [0.2, 0.25) is 0 Å². The second-order valence-corrected chi connectivity index (χ2v) is 18.7. The van der Waals surface area contributed by atoms with Crippen LogP contribution in [0.25, 0.3) is 0 Å². The molecule has 0 aromatic heterocycles. The maximum atomic E-state index is 11.2. The van der Waals surface area contributed by atoms with Gasteiger partial charge in [0.05, 0.1) is 39.6 Å². The van der Waals surface area contributed by atoms with Gasteiger partial charge < -0.3 is 78.1 Å². The molecule has 20 heteroatoms. The summed E-state index contributed by atoms with van der Waals surface area (Å²) in [6.07, 6.45) is 15.3. The highest BCUT2D eigenvalue weighted by molar-refractivity contribution is 5.76. The SMILES string of the molecule is C.C.C.C.C.C.C.C.C.CCC.CCCCOCC.CCCOCC.CCCOCCC.CCCOCCC(=O)NCC.CCCOCCNC(=O)CC.CCCOCCNC(=O)CCOCCC.CCCOCCOCC.CCNC(=O)CC.CCOCC.CCOCCCOCC. The molecule has 0 rings (SSSR count). The standard InChI is InChI=1S/C11H23NO3.2C8H17NO2.2C7H16O2.2C6H14O.C5H11NO.C5H12O.C4H10O.C3H8.9CH4/c1-3-7-14-9-5-11(13)12-6-10-15-8-4-2;1-3-6-11-7-5-8(10)9-4-2;1-3-6-11-7-5-9-8(10)4-2;1-3-8-6-5-7-9-4-2;1-3-5-9-7-6-8-4-2;1-3-5-6-7-4-2;1-3-5-7-6-4-2;1-3-5(7)6-4-2;1-3-5-6-4-2;1-3-5-4-2;1-3-2;;;;;;;;;/h3-10H2,1-2H3,(H,12,13);2*3-7H2,1-2H3,(H,9,10);2*3-7H2,1-2H3;2*3-6H2,1-2H3;3-4H2,1-2H3,(H,6,7);3-5H2,1-2H3;3-4H2,1-2H3;3H2,1-2H3;9*1H4. The Bertz CT molecular complexity index is 1090. The monoisotopic (exact) mass is 1460 g/mol. The van der Waals surface area contributed by atoms with E-state index < -0.39 is 0 Å². The molecule has 0 radical (unpaired) electrons. The molecule has 0 aliphatic rings. The average molecular weight is 1460 g/mol. The number of rotatable bonds is 49. The molecule has 0 fully saturated rings. The first-order chi connectivity index (χ1) is 43.6. The summed E-state index contributed by atoms with van der Waals surface area (Å²) in [5, 5.41) is 10.9. The Morgan fingerprint density at radius 2 is 0.424 bits per heavy atom. The topological polar surface area (TPSA) is 227 Å². The number of ether oxygens (including phenoxy) is 12. The zero-order valence-electron chi connectivity index (χ0n) is 63.6. The Hall–Kier alpha value is -2.60. The minimum atomic E-state index is 0. The second-order valence-electron chi connectivity index (χ2n) is 18.7. The highest BCUT2D eigenvalue weighted by Crippen LogP contribution is 1.89. The molecule has 4 N–H and O–H groups in total. The number of unbranched alkanes of at least 4 members (excludes halogenated alkanes) is 1. The molecule has 0 unspecified atom stereocenters. The first-order valence-corrected chi connectivity index (χ1v) is 35.6. The van der Waals surface area contributed by atoms with Crippen LogP contribution in [-0.2, 0) is 76.0 Å². The molecule has 0 spiro atoms. The smallest absolute Gasteiger partial charge is 0.222 e. The summed E-state index contributed by atoms with van der Waals surface area (Å²) in [6.45, 7) is 66.0. The van der Waals surface area contributed by atoms with Gasteiger partial charge >= 0.3 is 0 Å². The van der Waals surface area contributed by atoms with Crippen LogP contribution in [0.15, 0.2) is 0 Å². The molecular formula is C79H194N4O16. The van der Waals surface area contributed by atoms with Crippen molar-refractivity contribution in [3.8, 4) is 0 Å². The van der Waals surface area contributed by atoms with E-state index in [4.69, 9.17) is 56.8 Å². The largest absolute Gasteiger partial charge is 0.382 e. The molecule has 0 aromatic rings. The first-order valence-electron chi connectivity index (χ1n) is 35.6. The number of carbonyl (C=O) groups is 4. The van der Waals surface area contributed by atoms with Crippen molar-refractivity contribution in [1.29, 1.82) is 0 Å². The van der Waals surface area contributed by atoms with E-state index in [0.717, 1.165) is 196 Å². The molecule has 0 saturated carbocycles. The maximum absolute atomic E-state index is 11.2. The molecule has 0 heterocycles. The molecule has 0 saturated heterocycles. The lowest BCUT2D eigenvalue weighted by Gasteiger charge is -2.06. The molecule has 0 aromatic carbocycles. The number of carbonyl (C=O) groups excluding carboxylic acids is 4. The van der Waals surface area contributed by atoms with E-state index in [1.165, 1.54) is 19.3 Å². The van der Waals surface area contributed by atoms with Crippen molar-refractivity contribution < 1.29 is 76.0 Å². The second kappa shape index (κ2) is 177. The van der Waals surface area contributed by atoms with Crippen LogP contribution < -0.4 is 21.3 Å². The third kappa shape index (κ3) is 244. The van der Waals surface area contributed by atoms with E-state index in [1.807, 2.05) is 90.0 Å². The van der Waals surface area contributed by atoms with E-state index >= 15 is 0 Å². The van der Waals surface area contributed by atoms with Gasteiger partial charge in [0.15, 0.2) is 0 Å². The Labute approximate surface area is 625 Å². The van der Waals surface area contributed by atoms with Crippen molar-refractivity contribution in [2.24, 2.45) is 0 Å². The molecule has 99 heavy (non-hydrogen) atoms. The molecule has 0 aliphatic carbocycles. The lowest BCUT2D eigenvalue weighted by atomic mass is 10.4. The number of hydrogen-bond acceptors (Lipinski definition) is 16. The van der Waals surface area contributed by atoms with Crippen molar-refractivity contribution in [2.75, 3.05) is 185 Å². The fraction of sp³-hybridized carbons (Fsp3) is 0.949. The number of hydrogen-bond donors (Lipinski definition) is 4. The fourth-order valence-corrected chi connectivity index (χ4v) is 5.00. The van der Waals surface area contributed by atoms with Crippen LogP contribution in [0.3, 0.4) is 0 Å². The zero-order valence-corrected chi connectivity index (χ0v) is 63.6. The van der Waals surface area contributed by atoms with Crippen LogP contribution in [0.1, 0.15) is 322 Å². The number of nitrogens with one attached hydrogen (secondary N) is 4. The van der Waals surface area contributed by atoms with Crippen LogP contribution in [0.5, 0.6) is 0 Å². The fourth-order valence-electron chi connectivity index (χ4n) is 5.00. The molecule has 0 aliphatic heterocycles. The van der Waals surface area contributed by atoms with E-state index in [1.54, 1.807) is 0 Å². The predicted molar refractivity (Wildman–Crippen MR) is 441 cm³/mol. The van der Waals surface area contributed by atoms with Crippen molar-refractivity contribution in [2.45, 2.75) is 322 Å². The van der Waals surface area contributed by atoms with Gasteiger partial charge in [-0.25, -0.2) is 0 Å². The number of amides is 4. The van der Waals surface area contributed by atoms with E-state index in [2.05, 4.69) is 83.6 Å². The average Bonchev–Trinajstić information content (AvgIpc) is 3.55. The first kappa shape index (κ1) is 150. The Balaban J connectivity index is -0.0000000388. The van der Waals surface area contributed by atoms with Gasteiger partial charge in [0.1, 0.15) is 0 Å². The zero-order chi connectivity index (χ0) is 70.7. The van der Waals surface area contributed by atoms with Crippen molar-refractivity contribution >= 4 is 23.6 Å². The summed E-state index contributed by atoms with van der Waals surface area (Å²) < 4.78 is 61.2.